The van der Waals surface area contributed by atoms with Gasteiger partial charge in [-0.25, -0.2) is 14.4 Å². The van der Waals surface area contributed by atoms with Crippen molar-refractivity contribution in [3.63, 3.8) is 0 Å². The van der Waals surface area contributed by atoms with Crippen molar-refractivity contribution in [3.05, 3.63) is 53.1 Å². The third-order valence-electron chi connectivity index (χ3n) is 19.2. The summed E-state index contributed by atoms with van der Waals surface area (Å²) >= 11 is 0. The lowest BCUT2D eigenvalue weighted by Crippen LogP contribution is -2.67. The first-order valence-electron chi connectivity index (χ1n) is 37.2. The Morgan fingerprint density at radius 2 is 1.54 bits per heavy atom. The molecular formula is C72H105N13O28S. The molecule has 2 aromatic carbocycles. The number of carbonyl (C=O) groups is 13. The number of carboxylic acids is 1. The van der Waals surface area contributed by atoms with Crippen LogP contribution in [0.25, 0.3) is 10.9 Å². The van der Waals surface area contributed by atoms with Crippen LogP contribution >= 0.6 is 0 Å². The lowest BCUT2D eigenvalue weighted by atomic mass is 9.79. The number of ether oxygens (including phenoxy) is 7. The Labute approximate surface area is 657 Å². The van der Waals surface area contributed by atoms with Crippen LogP contribution in [-0.4, -0.2) is 290 Å². The van der Waals surface area contributed by atoms with Crippen molar-refractivity contribution in [2.75, 3.05) is 85.2 Å². The molecule has 1 aromatic heterocycles. The summed E-state index contributed by atoms with van der Waals surface area (Å²) in [6.07, 6.45) is -11.8. The number of rotatable bonds is 36. The number of β-amino-alcohol motifs (C(OH)–C–C–N with tert-alkyl or cyclic N) is 1. The van der Waals surface area contributed by atoms with E-state index >= 15 is 4.79 Å². The van der Waals surface area contributed by atoms with Gasteiger partial charge in [-0.3, -0.25) is 57.0 Å². The number of fused-ring (bicyclic) bond motifs is 8. The van der Waals surface area contributed by atoms with Gasteiger partial charge in [-0.2, -0.15) is 5.48 Å². The normalized spacial score (nSPS) is 23.4. The minimum Gasteiger partial charge on any atom is -0.479 e. The highest BCUT2D eigenvalue weighted by atomic mass is 32.2. The Hall–Kier alpha value is -9.92. The minimum atomic E-state index is -2.40. The van der Waals surface area contributed by atoms with E-state index in [1.807, 2.05) is 0 Å². The van der Waals surface area contributed by atoms with Crippen molar-refractivity contribution in [2.24, 2.45) is 23.3 Å². The monoisotopic (exact) mass is 1630 g/mol. The number of nitrogens with two attached hydrogens (primary N) is 2. The quantitative estimate of drug-likeness (QED) is 0.0196. The Balaban J connectivity index is 1.05. The molecule has 5 aliphatic heterocycles. The van der Waals surface area contributed by atoms with E-state index in [-0.39, 0.29) is 104 Å². The van der Waals surface area contributed by atoms with Crippen molar-refractivity contribution < 1.29 is 135 Å². The number of aromatic nitrogens is 1. The van der Waals surface area contributed by atoms with Gasteiger partial charge in [0.2, 0.25) is 59.1 Å². The molecule has 0 radical (unpaired) electrons. The third-order valence-corrected chi connectivity index (χ3v) is 20.6. The summed E-state index contributed by atoms with van der Waals surface area (Å²) in [7, 11) is -0.917. The van der Waals surface area contributed by atoms with Crippen LogP contribution < -0.4 is 63.6 Å². The van der Waals surface area contributed by atoms with E-state index in [1.165, 1.54) is 49.2 Å². The fraction of sp³-hybridized carbons (Fsp3) is 0.625. The molecule has 632 valence electrons. The number of H-pyrrole nitrogens is 1. The second kappa shape index (κ2) is 42.4. The van der Waals surface area contributed by atoms with Crippen molar-refractivity contribution in [1.29, 1.82) is 0 Å². The molecule has 0 saturated carbocycles. The average molecular weight is 1630 g/mol. The number of likely N-dealkylation sites (tertiary alicyclic amines) is 1. The fourth-order valence-corrected chi connectivity index (χ4v) is 14.5. The number of unbranched alkanes of at least 4 members (excludes halogenated alkanes) is 3. The van der Waals surface area contributed by atoms with Crippen molar-refractivity contribution in [3.8, 4) is 11.5 Å². The smallest absolute Gasteiger partial charge is 0.431 e. The zero-order valence-corrected chi connectivity index (χ0v) is 65.2. The van der Waals surface area contributed by atoms with E-state index in [0.717, 1.165) is 4.90 Å². The number of carbonyl (C=O) groups excluding carboxylic acids is 12. The van der Waals surface area contributed by atoms with Gasteiger partial charge in [-0.15, -0.1) is 0 Å². The lowest BCUT2D eigenvalue weighted by molar-refractivity contribution is -0.237. The number of aliphatic hydroxyl groups is 5. The van der Waals surface area contributed by atoms with Crippen molar-refractivity contribution in [1.82, 2.24) is 57.5 Å². The molecule has 2 fully saturated rings. The first-order valence-corrected chi connectivity index (χ1v) is 38.5. The average Bonchev–Trinajstić information content (AvgIpc) is 1.74. The number of primary amides is 2. The number of carboxylic acid groups (broad SMARTS) is 1. The van der Waals surface area contributed by atoms with E-state index in [1.54, 1.807) is 40.7 Å². The van der Waals surface area contributed by atoms with Gasteiger partial charge in [0.15, 0.2) is 6.10 Å². The van der Waals surface area contributed by atoms with E-state index < -0.39 is 236 Å². The number of aromatic amines is 1. The number of hydrogen-bond acceptors (Lipinski definition) is 27. The van der Waals surface area contributed by atoms with Crippen LogP contribution in [0.3, 0.4) is 0 Å². The second-order valence-electron chi connectivity index (χ2n) is 29.1. The number of aliphatic carboxylic acids is 1. The van der Waals surface area contributed by atoms with E-state index in [2.05, 4.69) is 47.7 Å². The molecule has 15 atom stereocenters. The second-order valence-corrected chi connectivity index (χ2v) is 30.5. The fourth-order valence-electron chi connectivity index (χ4n) is 13.1. The minimum absolute atomic E-state index is 0.00827. The Bertz CT molecular complexity index is 3960. The maximum Gasteiger partial charge on any atom is 0.431 e. The maximum absolute atomic E-state index is 15.5. The third kappa shape index (κ3) is 25.8. The Kier molecular flexibility index (Phi) is 34.0. The summed E-state index contributed by atoms with van der Waals surface area (Å²) < 4.78 is 54.7. The van der Waals surface area contributed by atoms with E-state index in [4.69, 9.17) is 49.5 Å². The molecular weight excluding hydrogens is 1530 g/mol. The van der Waals surface area contributed by atoms with Crippen LogP contribution in [0.2, 0.25) is 0 Å². The lowest BCUT2D eigenvalue weighted by Gasteiger charge is -2.42. The van der Waals surface area contributed by atoms with Crippen molar-refractivity contribution >= 4 is 98.9 Å². The molecule has 0 aliphatic carbocycles. The summed E-state index contributed by atoms with van der Waals surface area (Å²) in [5.41, 5.74) is 10.9. The molecule has 5 aliphatic rings. The molecule has 12 amide bonds. The van der Waals surface area contributed by atoms with Gasteiger partial charge in [-0.05, 0) is 75.8 Å². The van der Waals surface area contributed by atoms with Gasteiger partial charge < -0.3 is 127 Å². The molecule has 41 nitrogen and oxygen atoms in total. The first kappa shape index (κ1) is 91.3. The summed E-state index contributed by atoms with van der Waals surface area (Å²) in [6, 6.07) is 0.403. The number of hydroxylamine groups is 1. The molecule has 6 bridgehead atoms. The van der Waals surface area contributed by atoms with Gasteiger partial charge in [0, 0.05) is 62.5 Å². The first-order chi connectivity index (χ1) is 53.9. The van der Waals surface area contributed by atoms with Crippen LogP contribution in [-0.2, 0) is 100 Å². The molecule has 114 heavy (non-hydrogen) atoms. The van der Waals surface area contributed by atoms with Crippen LogP contribution in [0.1, 0.15) is 121 Å². The summed E-state index contributed by atoms with van der Waals surface area (Å²) in [4.78, 5) is 187. The number of amides is 12. The maximum atomic E-state index is 15.5. The van der Waals surface area contributed by atoms with E-state index in [0.29, 0.717) is 31.1 Å². The summed E-state index contributed by atoms with van der Waals surface area (Å²) in [5, 5.41) is 79.4. The summed E-state index contributed by atoms with van der Waals surface area (Å²) in [5.74, 6) is -14.1. The van der Waals surface area contributed by atoms with Gasteiger partial charge in [-0.1, -0.05) is 46.1 Å². The molecule has 0 spiro atoms. The van der Waals surface area contributed by atoms with Gasteiger partial charge in [0.1, 0.15) is 59.0 Å². The number of nitrogens with one attached hydrogen (secondary N) is 9. The number of nitrogens with zero attached hydrogens (tertiary/aromatic N) is 2. The predicted octanol–water partition coefficient (Wildman–Crippen LogP) is -3.77. The number of hydrogen-bond donors (Lipinski definition) is 17. The van der Waals surface area contributed by atoms with Crippen LogP contribution in [0.5, 0.6) is 11.5 Å². The number of benzene rings is 2. The molecule has 19 N–H and O–H groups in total. The number of aliphatic hydroxyl groups excluding tert-OH is 5. The van der Waals surface area contributed by atoms with Crippen LogP contribution in [0.4, 0.5) is 9.59 Å². The molecule has 3 aromatic rings. The highest BCUT2D eigenvalue weighted by Crippen LogP contribution is 2.37. The molecule has 42 heteroatoms. The summed E-state index contributed by atoms with van der Waals surface area (Å²) in [6.45, 7) is 7.13. The van der Waals surface area contributed by atoms with Gasteiger partial charge in [0.05, 0.1) is 118 Å². The molecule has 2 saturated heterocycles. The topological polar surface area (TPSA) is 605 Å². The van der Waals surface area contributed by atoms with Gasteiger partial charge in [0.25, 0.3) is 11.8 Å². The zero-order chi connectivity index (χ0) is 83.9. The van der Waals surface area contributed by atoms with Crippen LogP contribution in [0.15, 0.2) is 41.4 Å². The Morgan fingerprint density at radius 3 is 2.22 bits per heavy atom. The Morgan fingerprint density at radius 1 is 0.842 bits per heavy atom. The highest BCUT2D eigenvalue weighted by molar-refractivity contribution is 7.85. The highest BCUT2D eigenvalue weighted by Gasteiger charge is 2.52. The van der Waals surface area contributed by atoms with Crippen molar-refractivity contribution in [2.45, 2.75) is 196 Å². The SMILES string of the molecule is CC[C@H](C)[C@@H]1NC(=O)CNC(=O)Cc2c3[nH]c4cc(ccc24)OC1(CCCCCCN(C)C(=O)OCc1ccc(O[C@@H]2O[C@H](C(=O)O)[C@@H](O)C[C@H]2O)c(C(=O)NCCOCCOCCONC(=O)OC(C)(C)C)c1)C(=O)NCC(=O)N[C@H](C(=O)N[C@@H](CC(N)=O)C(=O)N1C[C@H](O)C[C@H]1C(=O)N[C@H](C(N)=O)[C@@H](C)[C@@H](O)CO)CS3=O. The largest absolute Gasteiger partial charge is 0.479 e. The molecule has 6 heterocycles. The van der Waals surface area contributed by atoms with Crippen LogP contribution in [0, 0.1) is 11.8 Å². The van der Waals surface area contributed by atoms with Gasteiger partial charge >= 0.3 is 18.2 Å². The zero-order valence-electron chi connectivity index (χ0n) is 64.4. The standard InChI is InChI=1S/C72H105N13O28S/c1-8-37(2)59-72(17-11-9-10-12-19-84(7)70(104)108-35-39-13-16-52(110-67-50(89)30-49(88)58(111-67)66(100)101)44(25-39)61(96)75-18-20-106-21-22-107-23-24-109-83-69(103)113-71(4,5)6)68(102)77-32-55(93)78-47(36-114(105)64-43(28-54(92)76-31-56(94)81-59)42-15-14-41(112-72)27-45(42)80-64)62(97)79-46(29-53(73)91)65(99)85-33-40(87)26-48(85)63(98)82-57(60(74)95)38(3)51(90)34-86/h13-16,25,27,37-38,40,46-51,57-59,67,80,86-90H,8-12,17-24,26,28-36H2,1-7H3,(H2,73,91)(H2,74,95)(H,75,96)(H,76,92)(H,77,102)(H,78,93)(H,79,97)(H,81,94)(H,82,98)(H,83,103)(H,100,101)/t37-,38-,40+,46-,47-,48-,49-,50+,51-,57-,58-,59-,67+,72?,114?/m0/s1. The predicted molar refractivity (Wildman–Crippen MR) is 396 cm³/mol. The molecule has 8 rings (SSSR count). The van der Waals surface area contributed by atoms with E-state index in [9.17, 15) is 92.4 Å². The molecule has 2 unspecified atom stereocenters.